The summed E-state index contributed by atoms with van der Waals surface area (Å²) in [4.78, 5) is 23.1. The predicted molar refractivity (Wildman–Crippen MR) is 77.9 cm³/mol. The molecule has 2 N–H and O–H groups in total. The summed E-state index contributed by atoms with van der Waals surface area (Å²) in [5.74, 6) is -1.11. The fraction of sp³-hybridized carbons (Fsp3) is 0.429. The number of aliphatic hydroxyl groups excluding tert-OH is 1. The van der Waals surface area contributed by atoms with Crippen molar-refractivity contribution in [2.45, 2.75) is 39.0 Å². The predicted octanol–water partition coefficient (Wildman–Crippen LogP) is 1.94. The van der Waals surface area contributed by atoms with Crippen molar-refractivity contribution in [1.29, 1.82) is 0 Å². The fourth-order valence-corrected chi connectivity index (χ4v) is 2.12. The van der Waals surface area contributed by atoms with Crippen molar-refractivity contribution < 1.29 is 19.4 Å². The van der Waals surface area contributed by atoms with Gasteiger partial charge in [-0.1, -0.05) is 28.1 Å². The summed E-state index contributed by atoms with van der Waals surface area (Å²) in [6.45, 7) is 4.71. The molecule has 0 fully saturated rings. The molecule has 0 aliphatic carbocycles. The number of carbonyl (C=O) groups is 2. The first-order valence-electron chi connectivity index (χ1n) is 6.22. The van der Waals surface area contributed by atoms with Gasteiger partial charge >= 0.3 is 5.97 Å². The van der Waals surface area contributed by atoms with Gasteiger partial charge in [-0.15, -0.1) is 0 Å². The Morgan fingerprint density at radius 3 is 2.50 bits per heavy atom. The van der Waals surface area contributed by atoms with Crippen LogP contribution in [0.2, 0.25) is 0 Å². The van der Waals surface area contributed by atoms with E-state index in [2.05, 4.69) is 21.2 Å². The van der Waals surface area contributed by atoms with E-state index >= 15 is 0 Å². The Kier molecular flexibility index (Phi) is 6.16. The molecule has 0 radical (unpaired) electrons. The van der Waals surface area contributed by atoms with Crippen molar-refractivity contribution in [3.05, 3.63) is 34.3 Å². The minimum absolute atomic E-state index is 0.336. The van der Waals surface area contributed by atoms with Crippen molar-refractivity contribution >= 4 is 27.8 Å². The van der Waals surface area contributed by atoms with Gasteiger partial charge < -0.3 is 15.2 Å². The lowest BCUT2D eigenvalue weighted by molar-refractivity contribution is -0.159. The van der Waals surface area contributed by atoms with Crippen molar-refractivity contribution in [2.75, 3.05) is 0 Å². The number of aliphatic hydroxyl groups is 1. The molecule has 0 aliphatic rings. The first-order chi connectivity index (χ1) is 9.31. The monoisotopic (exact) mass is 343 g/mol. The van der Waals surface area contributed by atoms with Gasteiger partial charge in [0.1, 0.15) is 0 Å². The standard InChI is InChI=1S/C14H18BrNO4/c1-8(2)20-14(19)13(18)12(16-9(3)17)10-5-4-6-11(15)7-10/h4-8,12-13,18H,1-3H3,(H,16,17)/t12-,13-/m1/s1. The van der Waals surface area contributed by atoms with Gasteiger partial charge in [0.25, 0.3) is 0 Å². The van der Waals surface area contributed by atoms with Crippen molar-refractivity contribution in [3.8, 4) is 0 Å². The molecule has 2 atom stereocenters. The number of halogens is 1. The summed E-state index contributed by atoms with van der Waals surface area (Å²) in [6, 6.07) is 6.17. The van der Waals surface area contributed by atoms with Crippen LogP contribution < -0.4 is 5.32 Å². The molecule has 110 valence electrons. The fourth-order valence-electron chi connectivity index (χ4n) is 1.70. The summed E-state index contributed by atoms with van der Waals surface area (Å²) in [7, 11) is 0. The van der Waals surface area contributed by atoms with Crippen LogP contribution in [-0.4, -0.2) is 29.2 Å². The summed E-state index contributed by atoms with van der Waals surface area (Å²) in [6.07, 6.45) is -1.80. The molecule has 0 aromatic heterocycles. The maximum Gasteiger partial charge on any atom is 0.337 e. The second kappa shape index (κ2) is 7.40. The highest BCUT2D eigenvalue weighted by molar-refractivity contribution is 9.10. The smallest absolute Gasteiger partial charge is 0.337 e. The average molecular weight is 344 g/mol. The van der Waals surface area contributed by atoms with Crippen LogP contribution in [0.1, 0.15) is 32.4 Å². The molecular formula is C14H18BrNO4. The van der Waals surface area contributed by atoms with E-state index in [-0.39, 0.29) is 12.0 Å². The van der Waals surface area contributed by atoms with Gasteiger partial charge in [-0.3, -0.25) is 4.79 Å². The second-order valence-corrected chi connectivity index (χ2v) is 5.58. The van der Waals surface area contributed by atoms with Crippen molar-refractivity contribution in [1.82, 2.24) is 5.32 Å². The normalized spacial score (nSPS) is 13.7. The van der Waals surface area contributed by atoms with Gasteiger partial charge in [-0.05, 0) is 31.5 Å². The Balaban J connectivity index is 3.00. The Bertz CT molecular complexity index is 490. The van der Waals surface area contributed by atoms with E-state index in [4.69, 9.17) is 4.74 Å². The zero-order chi connectivity index (χ0) is 15.3. The van der Waals surface area contributed by atoms with Crippen LogP contribution in [0.15, 0.2) is 28.7 Å². The van der Waals surface area contributed by atoms with Crippen molar-refractivity contribution in [2.24, 2.45) is 0 Å². The SMILES string of the molecule is CC(=O)N[C@H](c1cccc(Br)c1)[C@@H](O)C(=O)OC(C)C. The first kappa shape index (κ1) is 16.7. The summed E-state index contributed by atoms with van der Waals surface area (Å²) in [5, 5.41) is 12.7. The molecular weight excluding hydrogens is 326 g/mol. The number of nitrogens with one attached hydrogen (secondary N) is 1. The first-order valence-corrected chi connectivity index (χ1v) is 7.01. The molecule has 20 heavy (non-hydrogen) atoms. The molecule has 0 saturated carbocycles. The number of benzene rings is 1. The number of hydrogen-bond acceptors (Lipinski definition) is 4. The second-order valence-electron chi connectivity index (χ2n) is 4.66. The highest BCUT2D eigenvalue weighted by Crippen LogP contribution is 2.22. The summed E-state index contributed by atoms with van der Waals surface area (Å²) in [5.41, 5.74) is 0.614. The lowest BCUT2D eigenvalue weighted by Crippen LogP contribution is -2.41. The molecule has 0 bridgehead atoms. The molecule has 1 amide bonds. The zero-order valence-electron chi connectivity index (χ0n) is 11.6. The molecule has 0 aliphatic heterocycles. The van der Waals surface area contributed by atoms with E-state index in [0.717, 1.165) is 4.47 Å². The third-order valence-electron chi connectivity index (χ3n) is 2.48. The van der Waals surface area contributed by atoms with Gasteiger partial charge in [0.15, 0.2) is 6.10 Å². The molecule has 0 saturated heterocycles. The van der Waals surface area contributed by atoms with Crippen LogP contribution in [0.4, 0.5) is 0 Å². The Morgan fingerprint density at radius 2 is 2.00 bits per heavy atom. The molecule has 0 spiro atoms. The van der Waals surface area contributed by atoms with Gasteiger partial charge in [0, 0.05) is 11.4 Å². The Morgan fingerprint density at radius 1 is 1.35 bits per heavy atom. The third kappa shape index (κ3) is 4.94. The van der Waals surface area contributed by atoms with Crippen LogP contribution in [0.25, 0.3) is 0 Å². The lowest BCUT2D eigenvalue weighted by Gasteiger charge is -2.23. The summed E-state index contributed by atoms with van der Waals surface area (Å²) >= 11 is 3.31. The quantitative estimate of drug-likeness (QED) is 0.801. The van der Waals surface area contributed by atoms with Crippen LogP contribution in [0.5, 0.6) is 0 Å². The highest BCUT2D eigenvalue weighted by atomic mass is 79.9. The minimum atomic E-state index is -1.46. The lowest BCUT2D eigenvalue weighted by atomic mass is 10.0. The molecule has 5 nitrogen and oxygen atoms in total. The van der Waals surface area contributed by atoms with Crippen LogP contribution in [0, 0.1) is 0 Å². The molecule has 6 heteroatoms. The van der Waals surface area contributed by atoms with Gasteiger partial charge in [0.2, 0.25) is 5.91 Å². The van der Waals surface area contributed by atoms with Gasteiger partial charge in [-0.25, -0.2) is 4.79 Å². The molecule has 1 aromatic rings. The largest absolute Gasteiger partial charge is 0.461 e. The van der Waals surface area contributed by atoms with Crippen molar-refractivity contribution in [3.63, 3.8) is 0 Å². The van der Waals surface area contributed by atoms with Gasteiger partial charge in [-0.2, -0.15) is 0 Å². The maximum atomic E-state index is 11.8. The summed E-state index contributed by atoms with van der Waals surface area (Å²) < 4.78 is 5.76. The number of esters is 1. The molecule has 1 aromatic carbocycles. The number of ether oxygens (including phenoxy) is 1. The third-order valence-corrected chi connectivity index (χ3v) is 2.97. The van der Waals surface area contributed by atoms with E-state index in [0.29, 0.717) is 5.56 Å². The topological polar surface area (TPSA) is 75.6 Å². The molecule has 0 unspecified atom stereocenters. The van der Waals surface area contributed by atoms with Gasteiger partial charge in [0.05, 0.1) is 12.1 Å². The van der Waals surface area contributed by atoms with Crippen LogP contribution in [0.3, 0.4) is 0 Å². The average Bonchev–Trinajstić information content (AvgIpc) is 2.34. The van der Waals surface area contributed by atoms with E-state index < -0.39 is 18.1 Å². The molecule has 0 heterocycles. The van der Waals surface area contributed by atoms with E-state index in [1.165, 1.54) is 6.92 Å². The maximum absolute atomic E-state index is 11.8. The number of rotatable bonds is 5. The highest BCUT2D eigenvalue weighted by Gasteiger charge is 2.30. The molecule has 1 rings (SSSR count). The van der Waals surface area contributed by atoms with Crippen LogP contribution >= 0.6 is 15.9 Å². The van der Waals surface area contributed by atoms with E-state index in [1.54, 1.807) is 32.0 Å². The number of amides is 1. The minimum Gasteiger partial charge on any atom is -0.461 e. The Hall–Kier alpha value is -1.40. The number of carbonyl (C=O) groups excluding carboxylic acids is 2. The number of hydrogen-bond donors (Lipinski definition) is 2. The van der Waals surface area contributed by atoms with E-state index in [1.807, 2.05) is 6.07 Å². The zero-order valence-corrected chi connectivity index (χ0v) is 13.2. The Labute approximate surface area is 126 Å². The van der Waals surface area contributed by atoms with E-state index in [9.17, 15) is 14.7 Å². The van der Waals surface area contributed by atoms with Crippen LogP contribution in [-0.2, 0) is 14.3 Å².